The highest BCUT2D eigenvalue weighted by molar-refractivity contribution is 7.89. The molecule has 0 saturated carbocycles. The molecule has 20 heavy (non-hydrogen) atoms. The zero-order valence-corrected chi connectivity index (χ0v) is 13.2. The van der Waals surface area contributed by atoms with Crippen LogP contribution in [0.15, 0.2) is 41.3 Å². The lowest BCUT2D eigenvalue weighted by atomic mass is 10.1. The van der Waals surface area contributed by atoms with E-state index in [9.17, 15) is 8.42 Å². The average molecular weight is 335 g/mol. The van der Waals surface area contributed by atoms with Gasteiger partial charge < -0.3 is 5.73 Å². The van der Waals surface area contributed by atoms with Crippen molar-refractivity contribution in [2.24, 2.45) is 5.73 Å². The van der Waals surface area contributed by atoms with Gasteiger partial charge in [-0.3, -0.25) is 0 Å². The molecule has 3 N–H and O–H groups in total. The van der Waals surface area contributed by atoms with Gasteiger partial charge in [-0.05, 0) is 42.0 Å². The van der Waals surface area contributed by atoms with Crippen LogP contribution < -0.4 is 10.5 Å². The van der Waals surface area contributed by atoms with Gasteiger partial charge in [0.25, 0.3) is 0 Å². The van der Waals surface area contributed by atoms with Crippen LogP contribution in [0.1, 0.15) is 6.92 Å². The number of hydrogen-bond acceptors (Lipinski definition) is 3. The molecular formula is C13H16Cl2N2O2S. The normalized spacial score (nSPS) is 12.9. The summed E-state index contributed by atoms with van der Waals surface area (Å²) in [5.74, 6) is 0. The van der Waals surface area contributed by atoms with E-state index in [2.05, 4.69) is 4.72 Å². The molecule has 0 aliphatic heterocycles. The highest BCUT2D eigenvalue weighted by Gasteiger charge is 2.16. The molecule has 0 amide bonds. The number of halogens is 2. The van der Waals surface area contributed by atoms with Crippen molar-refractivity contribution >= 4 is 44.8 Å². The fourth-order valence-electron chi connectivity index (χ4n) is 1.74. The quantitative estimate of drug-likeness (QED) is 0.902. The Morgan fingerprint density at radius 1 is 1.20 bits per heavy atom. The minimum atomic E-state index is -3.54. The minimum Gasteiger partial charge on any atom is -0.329 e. The van der Waals surface area contributed by atoms with E-state index in [0.717, 1.165) is 10.8 Å². The molecule has 1 unspecified atom stereocenters. The Bertz CT molecular complexity index is 705. The lowest BCUT2D eigenvalue weighted by Gasteiger charge is -2.12. The third-order valence-corrected chi connectivity index (χ3v) is 4.62. The Kier molecular flexibility index (Phi) is 5.79. The van der Waals surface area contributed by atoms with E-state index in [-0.39, 0.29) is 29.9 Å². The molecule has 2 aromatic rings. The van der Waals surface area contributed by atoms with Gasteiger partial charge in [-0.15, -0.1) is 12.4 Å². The van der Waals surface area contributed by atoms with Crippen LogP contribution in [-0.2, 0) is 10.0 Å². The van der Waals surface area contributed by atoms with Crippen molar-refractivity contribution in [3.05, 3.63) is 41.4 Å². The number of nitrogens with two attached hydrogens (primary N) is 1. The first-order valence-electron chi connectivity index (χ1n) is 5.84. The number of sulfonamides is 1. The first-order chi connectivity index (χ1) is 8.92. The summed E-state index contributed by atoms with van der Waals surface area (Å²) in [5, 5.41) is 2.35. The molecular weight excluding hydrogens is 319 g/mol. The number of benzene rings is 2. The lowest BCUT2D eigenvalue weighted by Crippen LogP contribution is -2.37. The van der Waals surface area contributed by atoms with E-state index in [4.69, 9.17) is 17.3 Å². The smallest absolute Gasteiger partial charge is 0.240 e. The minimum absolute atomic E-state index is 0. The van der Waals surface area contributed by atoms with Crippen LogP contribution in [0.3, 0.4) is 0 Å². The van der Waals surface area contributed by atoms with E-state index in [0.29, 0.717) is 5.02 Å². The van der Waals surface area contributed by atoms with Crippen molar-refractivity contribution in [2.75, 3.05) is 6.54 Å². The van der Waals surface area contributed by atoms with Gasteiger partial charge in [0.15, 0.2) is 0 Å². The molecule has 4 nitrogen and oxygen atoms in total. The third kappa shape index (κ3) is 3.84. The van der Waals surface area contributed by atoms with Crippen LogP contribution in [0, 0.1) is 0 Å². The summed E-state index contributed by atoms with van der Waals surface area (Å²) in [5.41, 5.74) is 5.42. The van der Waals surface area contributed by atoms with Gasteiger partial charge in [-0.1, -0.05) is 23.7 Å². The predicted molar refractivity (Wildman–Crippen MR) is 85.0 cm³/mol. The molecule has 0 aromatic heterocycles. The highest BCUT2D eigenvalue weighted by Crippen LogP contribution is 2.22. The van der Waals surface area contributed by atoms with Crippen molar-refractivity contribution < 1.29 is 8.42 Å². The van der Waals surface area contributed by atoms with E-state index in [1.54, 1.807) is 43.3 Å². The summed E-state index contributed by atoms with van der Waals surface area (Å²) in [6.07, 6.45) is 0. The first-order valence-corrected chi connectivity index (χ1v) is 7.70. The van der Waals surface area contributed by atoms with Crippen LogP contribution in [-0.4, -0.2) is 21.0 Å². The van der Waals surface area contributed by atoms with Crippen molar-refractivity contribution in [1.29, 1.82) is 0 Å². The number of rotatable bonds is 4. The molecule has 0 heterocycles. The van der Waals surface area contributed by atoms with Crippen molar-refractivity contribution in [3.63, 3.8) is 0 Å². The molecule has 0 fully saturated rings. The van der Waals surface area contributed by atoms with Gasteiger partial charge in [0.05, 0.1) is 4.90 Å². The van der Waals surface area contributed by atoms with Crippen LogP contribution >= 0.6 is 24.0 Å². The summed E-state index contributed by atoms with van der Waals surface area (Å²) >= 11 is 5.89. The van der Waals surface area contributed by atoms with Crippen LogP contribution in [0.25, 0.3) is 10.8 Å². The van der Waals surface area contributed by atoms with Crippen molar-refractivity contribution in [3.8, 4) is 0 Å². The standard InChI is InChI=1S/C13H15ClN2O2S.ClH/c1-9(8-15)16-19(17,18)13-5-3-10-6-12(14)4-2-11(10)7-13;/h2-7,9,16H,8,15H2,1H3;1H. The molecule has 0 spiro atoms. The van der Waals surface area contributed by atoms with Gasteiger partial charge in [-0.2, -0.15) is 0 Å². The number of hydrogen-bond donors (Lipinski definition) is 2. The van der Waals surface area contributed by atoms with E-state index in [1.165, 1.54) is 0 Å². The van der Waals surface area contributed by atoms with E-state index in [1.807, 2.05) is 0 Å². The zero-order chi connectivity index (χ0) is 14.0. The largest absolute Gasteiger partial charge is 0.329 e. The summed E-state index contributed by atoms with van der Waals surface area (Å²) < 4.78 is 26.8. The molecule has 0 saturated heterocycles. The summed E-state index contributed by atoms with van der Waals surface area (Å²) in [6, 6.07) is 9.94. The van der Waals surface area contributed by atoms with Crippen molar-refractivity contribution in [2.45, 2.75) is 17.9 Å². The van der Waals surface area contributed by atoms with Gasteiger partial charge >= 0.3 is 0 Å². The maximum absolute atomic E-state index is 12.1. The fourth-order valence-corrected chi connectivity index (χ4v) is 3.21. The monoisotopic (exact) mass is 334 g/mol. The Hall–Kier alpha value is -0.850. The second-order valence-corrected chi connectivity index (χ2v) is 6.56. The molecule has 0 radical (unpaired) electrons. The Balaban J connectivity index is 0.00000200. The van der Waals surface area contributed by atoms with E-state index < -0.39 is 10.0 Å². The summed E-state index contributed by atoms with van der Waals surface area (Å²) in [4.78, 5) is 0.225. The lowest BCUT2D eigenvalue weighted by molar-refractivity contribution is 0.563. The summed E-state index contributed by atoms with van der Waals surface area (Å²) in [7, 11) is -3.54. The molecule has 0 aliphatic carbocycles. The molecule has 110 valence electrons. The van der Waals surface area contributed by atoms with Crippen LogP contribution in [0.4, 0.5) is 0 Å². The molecule has 2 aromatic carbocycles. The molecule has 1 atom stereocenters. The fraction of sp³-hybridized carbons (Fsp3) is 0.231. The zero-order valence-electron chi connectivity index (χ0n) is 10.8. The maximum Gasteiger partial charge on any atom is 0.240 e. The second kappa shape index (κ2) is 6.74. The van der Waals surface area contributed by atoms with E-state index >= 15 is 0 Å². The molecule has 0 bridgehead atoms. The van der Waals surface area contributed by atoms with Gasteiger partial charge in [-0.25, -0.2) is 13.1 Å². The van der Waals surface area contributed by atoms with Crippen LogP contribution in [0.2, 0.25) is 5.02 Å². The van der Waals surface area contributed by atoms with Gasteiger partial charge in [0, 0.05) is 17.6 Å². The molecule has 0 aliphatic rings. The highest BCUT2D eigenvalue weighted by atomic mass is 35.5. The Labute approximate surface area is 129 Å². The maximum atomic E-state index is 12.1. The Morgan fingerprint density at radius 2 is 1.80 bits per heavy atom. The first kappa shape index (κ1) is 17.2. The SMILES string of the molecule is CC(CN)NS(=O)(=O)c1ccc2cc(Cl)ccc2c1.Cl. The molecule has 2 rings (SSSR count). The van der Waals surface area contributed by atoms with Crippen LogP contribution in [0.5, 0.6) is 0 Å². The van der Waals surface area contributed by atoms with Gasteiger partial charge in [0.2, 0.25) is 10.0 Å². The number of nitrogens with one attached hydrogen (secondary N) is 1. The topological polar surface area (TPSA) is 72.2 Å². The Morgan fingerprint density at radius 3 is 2.45 bits per heavy atom. The predicted octanol–water partition coefficient (Wildman–Crippen LogP) is 2.54. The summed E-state index contributed by atoms with van der Waals surface area (Å²) in [6.45, 7) is 1.97. The van der Waals surface area contributed by atoms with Crippen molar-refractivity contribution in [1.82, 2.24) is 4.72 Å². The third-order valence-electron chi connectivity index (χ3n) is 2.79. The average Bonchev–Trinajstić information content (AvgIpc) is 2.37. The second-order valence-electron chi connectivity index (χ2n) is 4.41. The molecule has 7 heteroatoms. The number of fused-ring (bicyclic) bond motifs is 1. The van der Waals surface area contributed by atoms with Gasteiger partial charge in [0.1, 0.15) is 0 Å².